The van der Waals surface area contributed by atoms with E-state index >= 15 is 0 Å². The predicted octanol–water partition coefficient (Wildman–Crippen LogP) is 1.16. The van der Waals surface area contributed by atoms with Crippen LogP contribution in [-0.4, -0.2) is 28.1 Å². The molecule has 0 radical (unpaired) electrons. The average Bonchev–Trinajstić information content (AvgIpc) is 2.61. The topological polar surface area (TPSA) is 36.4 Å². The van der Waals surface area contributed by atoms with Crippen LogP contribution in [0.5, 0.6) is 5.75 Å². The summed E-state index contributed by atoms with van der Waals surface area (Å²) in [5, 5.41) is 9.46. The van der Waals surface area contributed by atoms with Crippen molar-refractivity contribution in [3.8, 4) is 5.75 Å². The SMILES string of the molecule is Oc1cccnc1CN1CC=CC1. The van der Waals surface area contributed by atoms with Crippen molar-refractivity contribution in [1.82, 2.24) is 9.88 Å². The fraction of sp³-hybridized carbons (Fsp3) is 0.300. The molecule has 0 bridgehead atoms. The van der Waals surface area contributed by atoms with E-state index in [0.29, 0.717) is 0 Å². The molecule has 13 heavy (non-hydrogen) atoms. The van der Waals surface area contributed by atoms with Crippen LogP contribution < -0.4 is 0 Å². The number of pyridine rings is 1. The lowest BCUT2D eigenvalue weighted by molar-refractivity contribution is 0.331. The Hall–Kier alpha value is -1.35. The summed E-state index contributed by atoms with van der Waals surface area (Å²) in [4.78, 5) is 6.33. The summed E-state index contributed by atoms with van der Waals surface area (Å²) in [5.41, 5.74) is 0.756. The van der Waals surface area contributed by atoms with Crippen LogP contribution in [0.4, 0.5) is 0 Å². The number of aromatic nitrogens is 1. The maximum Gasteiger partial charge on any atom is 0.138 e. The highest BCUT2D eigenvalue weighted by molar-refractivity contribution is 5.25. The summed E-state index contributed by atoms with van der Waals surface area (Å²) < 4.78 is 0. The molecule has 0 spiro atoms. The first-order valence-corrected chi connectivity index (χ1v) is 4.36. The number of rotatable bonds is 2. The Kier molecular flexibility index (Phi) is 2.27. The smallest absolute Gasteiger partial charge is 0.138 e. The van der Waals surface area contributed by atoms with Gasteiger partial charge in [-0.25, -0.2) is 0 Å². The molecule has 68 valence electrons. The Morgan fingerprint density at radius 1 is 1.38 bits per heavy atom. The third kappa shape index (κ3) is 1.87. The third-order valence-corrected chi connectivity index (χ3v) is 2.13. The van der Waals surface area contributed by atoms with E-state index in [4.69, 9.17) is 0 Å². The van der Waals surface area contributed by atoms with Gasteiger partial charge >= 0.3 is 0 Å². The van der Waals surface area contributed by atoms with Gasteiger partial charge in [0, 0.05) is 25.8 Å². The Morgan fingerprint density at radius 2 is 2.15 bits per heavy atom. The Labute approximate surface area is 77.3 Å². The Morgan fingerprint density at radius 3 is 2.85 bits per heavy atom. The van der Waals surface area contributed by atoms with Crippen molar-refractivity contribution in [3.05, 3.63) is 36.2 Å². The van der Waals surface area contributed by atoms with Crippen LogP contribution in [0, 0.1) is 0 Å². The van der Waals surface area contributed by atoms with Gasteiger partial charge in [0.1, 0.15) is 5.75 Å². The van der Waals surface area contributed by atoms with Gasteiger partial charge in [0.05, 0.1) is 5.69 Å². The minimum atomic E-state index is 0.286. The first kappa shape index (κ1) is 8.26. The average molecular weight is 176 g/mol. The van der Waals surface area contributed by atoms with Gasteiger partial charge in [-0.15, -0.1) is 0 Å². The molecule has 0 unspecified atom stereocenters. The van der Waals surface area contributed by atoms with E-state index in [1.165, 1.54) is 0 Å². The van der Waals surface area contributed by atoms with Gasteiger partial charge in [-0.3, -0.25) is 9.88 Å². The summed E-state index contributed by atoms with van der Waals surface area (Å²) >= 11 is 0. The molecule has 1 aromatic rings. The second-order valence-corrected chi connectivity index (χ2v) is 3.13. The zero-order chi connectivity index (χ0) is 9.10. The van der Waals surface area contributed by atoms with Gasteiger partial charge in [-0.2, -0.15) is 0 Å². The highest BCUT2D eigenvalue weighted by Gasteiger charge is 2.09. The van der Waals surface area contributed by atoms with Crippen LogP contribution in [0.3, 0.4) is 0 Å². The van der Waals surface area contributed by atoms with Crippen molar-refractivity contribution in [3.63, 3.8) is 0 Å². The van der Waals surface area contributed by atoms with E-state index < -0.39 is 0 Å². The maximum absolute atomic E-state index is 9.46. The molecule has 1 aromatic heterocycles. The second-order valence-electron chi connectivity index (χ2n) is 3.13. The van der Waals surface area contributed by atoms with E-state index in [0.717, 1.165) is 25.3 Å². The quantitative estimate of drug-likeness (QED) is 0.687. The molecule has 0 saturated heterocycles. The summed E-state index contributed by atoms with van der Waals surface area (Å²) in [5.74, 6) is 0.286. The zero-order valence-electron chi connectivity index (χ0n) is 7.35. The normalized spacial score (nSPS) is 16.6. The fourth-order valence-corrected chi connectivity index (χ4v) is 1.41. The number of hydrogen-bond acceptors (Lipinski definition) is 3. The van der Waals surface area contributed by atoms with Gasteiger partial charge in [0.25, 0.3) is 0 Å². The molecule has 1 N–H and O–H groups in total. The second kappa shape index (κ2) is 3.58. The molecule has 0 saturated carbocycles. The van der Waals surface area contributed by atoms with Gasteiger partial charge < -0.3 is 5.11 Å². The van der Waals surface area contributed by atoms with Crippen LogP contribution in [0.15, 0.2) is 30.5 Å². The van der Waals surface area contributed by atoms with Crippen molar-refractivity contribution in [1.29, 1.82) is 0 Å². The fourth-order valence-electron chi connectivity index (χ4n) is 1.41. The highest BCUT2D eigenvalue weighted by Crippen LogP contribution is 2.15. The van der Waals surface area contributed by atoms with E-state index in [1.54, 1.807) is 18.3 Å². The summed E-state index contributed by atoms with van der Waals surface area (Å²) in [6.07, 6.45) is 5.96. The standard InChI is InChI=1S/C10H12N2O/c13-10-4-3-5-11-9(10)8-12-6-1-2-7-12/h1-5,13H,6-8H2. The third-order valence-electron chi connectivity index (χ3n) is 2.13. The molecule has 0 fully saturated rings. The van der Waals surface area contributed by atoms with Crippen LogP contribution in [0.25, 0.3) is 0 Å². The molecule has 0 atom stereocenters. The number of nitrogens with zero attached hydrogens (tertiary/aromatic N) is 2. The molecule has 2 heterocycles. The molecular formula is C10H12N2O. The summed E-state index contributed by atoms with van der Waals surface area (Å²) in [7, 11) is 0. The monoisotopic (exact) mass is 176 g/mol. The van der Waals surface area contributed by atoms with Crippen LogP contribution >= 0.6 is 0 Å². The zero-order valence-corrected chi connectivity index (χ0v) is 7.35. The number of hydrogen-bond donors (Lipinski definition) is 1. The van der Waals surface area contributed by atoms with Gasteiger partial charge in [-0.05, 0) is 12.1 Å². The first-order chi connectivity index (χ1) is 6.36. The minimum absolute atomic E-state index is 0.286. The van der Waals surface area contributed by atoms with E-state index in [-0.39, 0.29) is 5.75 Å². The van der Waals surface area contributed by atoms with Crippen molar-refractivity contribution in [2.45, 2.75) is 6.54 Å². The van der Waals surface area contributed by atoms with E-state index in [1.807, 2.05) is 0 Å². The molecule has 3 heteroatoms. The predicted molar refractivity (Wildman–Crippen MR) is 50.3 cm³/mol. The largest absolute Gasteiger partial charge is 0.506 e. The van der Waals surface area contributed by atoms with Crippen LogP contribution in [0.1, 0.15) is 5.69 Å². The van der Waals surface area contributed by atoms with Crippen molar-refractivity contribution < 1.29 is 5.11 Å². The lowest BCUT2D eigenvalue weighted by Gasteiger charge is -2.14. The van der Waals surface area contributed by atoms with E-state index in [2.05, 4.69) is 22.0 Å². The molecule has 0 amide bonds. The number of aromatic hydroxyl groups is 1. The molecule has 2 rings (SSSR count). The van der Waals surface area contributed by atoms with E-state index in [9.17, 15) is 5.11 Å². The molecule has 3 nitrogen and oxygen atoms in total. The highest BCUT2D eigenvalue weighted by atomic mass is 16.3. The first-order valence-electron chi connectivity index (χ1n) is 4.36. The Bertz CT molecular complexity index is 314. The summed E-state index contributed by atoms with van der Waals surface area (Å²) in [6.45, 7) is 2.63. The van der Waals surface area contributed by atoms with Gasteiger partial charge in [0.2, 0.25) is 0 Å². The Balaban J connectivity index is 2.05. The molecule has 1 aliphatic heterocycles. The molecule has 0 aliphatic carbocycles. The van der Waals surface area contributed by atoms with Crippen LogP contribution in [0.2, 0.25) is 0 Å². The lowest BCUT2D eigenvalue weighted by Crippen LogP contribution is -2.19. The minimum Gasteiger partial charge on any atom is -0.506 e. The molecular weight excluding hydrogens is 164 g/mol. The van der Waals surface area contributed by atoms with Crippen LogP contribution in [-0.2, 0) is 6.54 Å². The maximum atomic E-state index is 9.46. The van der Waals surface area contributed by atoms with Crippen molar-refractivity contribution in [2.75, 3.05) is 13.1 Å². The lowest BCUT2D eigenvalue weighted by atomic mass is 10.3. The molecule has 1 aliphatic rings. The van der Waals surface area contributed by atoms with Crippen molar-refractivity contribution in [2.24, 2.45) is 0 Å². The molecule has 0 aromatic carbocycles. The van der Waals surface area contributed by atoms with Crippen molar-refractivity contribution >= 4 is 0 Å². The van der Waals surface area contributed by atoms with Gasteiger partial charge in [0.15, 0.2) is 0 Å². The van der Waals surface area contributed by atoms with Gasteiger partial charge in [-0.1, -0.05) is 12.2 Å². The summed E-state index contributed by atoms with van der Waals surface area (Å²) in [6, 6.07) is 3.41.